The van der Waals surface area contributed by atoms with Gasteiger partial charge in [0, 0.05) is 37.2 Å². The molecule has 1 aliphatic carbocycles. The quantitative estimate of drug-likeness (QED) is 0.344. The lowest BCUT2D eigenvalue weighted by atomic mass is 9.95. The predicted molar refractivity (Wildman–Crippen MR) is 128 cm³/mol. The van der Waals surface area contributed by atoms with Gasteiger partial charge in [0.15, 0.2) is 0 Å². The number of allylic oxidation sites excluding steroid dienone is 2. The van der Waals surface area contributed by atoms with Crippen molar-refractivity contribution in [3.8, 4) is 0 Å². The van der Waals surface area contributed by atoms with Gasteiger partial charge in [0.05, 0.1) is 5.69 Å². The fourth-order valence-corrected chi connectivity index (χ4v) is 5.56. The fraction of sp³-hybridized carbons (Fsp3) is 0.158. The summed E-state index contributed by atoms with van der Waals surface area (Å²) in [4.78, 5) is 23.1. The zero-order valence-electron chi connectivity index (χ0n) is 16.4. The SMILES string of the molecule is CN(C)S(=O)(=O)N(SC(F)(Cl)Cl)c1ccccc1.O=C1C(Cl)=C(Cl)C(=O)c2ccccc21. The van der Waals surface area contributed by atoms with Crippen LogP contribution in [-0.2, 0) is 10.2 Å². The second-order valence-electron chi connectivity index (χ2n) is 6.22. The van der Waals surface area contributed by atoms with Gasteiger partial charge >= 0.3 is 14.1 Å². The van der Waals surface area contributed by atoms with E-state index in [1.807, 2.05) is 0 Å². The summed E-state index contributed by atoms with van der Waals surface area (Å²) in [5.74, 6) is -0.793. The van der Waals surface area contributed by atoms with Crippen LogP contribution in [0.4, 0.5) is 10.1 Å². The van der Waals surface area contributed by atoms with Crippen LogP contribution in [0.15, 0.2) is 64.7 Å². The maximum atomic E-state index is 13.3. The molecule has 0 atom stereocenters. The van der Waals surface area contributed by atoms with Crippen molar-refractivity contribution in [3.05, 3.63) is 75.8 Å². The van der Waals surface area contributed by atoms with E-state index in [-0.39, 0.29) is 27.7 Å². The van der Waals surface area contributed by atoms with E-state index in [4.69, 9.17) is 46.4 Å². The van der Waals surface area contributed by atoms with Crippen molar-refractivity contribution >= 4 is 85.8 Å². The van der Waals surface area contributed by atoms with Crippen LogP contribution in [0.5, 0.6) is 0 Å². The summed E-state index contributed by atoms with van der Waals surface area (Å²) in [6.45, 7) is 0. The normalized spacial score (nSPS) is 14.1. The Bertz CT molecular complexity index is 1110. The number of rotatable bonds is 5. The van der Waals surface area contributed by atoms with Crippen molar-refractivity contribution in [2.75, 3.05) is 17.8 Å². The summed E-state index contributed by atoms with van der Waals surface area (Å²) in [5.41, 5.74) is 0.873. The highest BCUT2D eigenvalue weighted by Crippen LogP contribution is 2.42. The predicted octanol–water partition coefficient (Wildman–Crippen LogP) is 5.76. The number of halogens is 5. The number of hydrogen-bond donors (Lipinski definition) is 0. The first kappa shape index (κ1) is 26.9. The van der Waals surface area contributed by atoms with Crippen molar-refractivity contribution in [1.29, 1.82) is 0 Å². The monoisotopic (exact) mass is 558 g/mol. The van der Waals surface area contributed by atoms with Gasteiger partial charge in [-0.25, -0.2) is 0 Å². The molecule has 6 nitrogen and oxygen atoms in total. The average Bonchev–Trinajstić information content (AvgIpc) is 2.75. The van der Waals surface area contributed by atoms with Crippen molar-refractivity contribution in [1.82, 2.24) is 4.31 Å². The Morgan fingerprint density at radius 3 is 1.62 bits per heavy atom. The van der Waals surface area contributed by atoms with Gasteiger partial charge in [-0.3, -0.25) is 9.59 Å². The minimum Gasteiger partial charge on any atom is -0.288 e. The van der Waals surface area contributed by atoms with E-state index in [9.17, 15) is 22.4 Å². The highest BCUT2D eigenvalue weighted by molar-refractivity contribution is 8.15. The van der Waals surface area contributed by atoms with Gasteiger partial charge in [0.25, 0.3) is 0 Å². The molecule has 1 aliphatic rings. The minimum atomic E-state index is -3.90. The Morgan fingerprint density at radius 1 is 0.844 bits per heavy atom. The number of anilines is 1. The van der Waals surface area contributed by atoms with E-state index < -0.39 is 25.7 Å². The molecule has 0 aromatic heterocycles. The van der Waals surface area contributed by atoms with Crippen LogP contribution in [0.1, 0.15) is 20.7 Å². The molecule has 0 heterocycles. The number of carbonyl (C=O) groups is 2. The van der Waals surface area contributed by atoms with Crippen LogP contribution < -0.4 is 3.71 Å². The Kier molecular flexibility index (Phi) is 9.03. The second-order valence-corrected chi connectivity index (χ2v) is 12.0. The van der Waals surface area contributed by atoms with Gasteiger partial charge in [0.1, 0.15) is 10.1 Å². The molecule has 0 N–H and O–H groups in total. The maximum Gasteiger partial charge on any atom is 0.324 e. The van der Waals surface area contributed by atoms with Crippen LogP contribution in [0.2, 0.25) is 0 Å². The minimum absolute atomic E-state index is 0.158. The number of nitrogens with zero attached hydrogens (tertiary/aromatic N) is 2. The zero-order chi connectivity index (χ0) is 24.3. The Labute approximate surface area is 209 Å². The Balaban J connectivity index is 0.000000233. The summed E-state index contributed by atoms with van der Waals surface area (Å²) in [7, 11) is -1.25. The summed E-state index contributed by atoms with van der Waals surface area (Å²) in [6, 6.07) is 14.4. The van der Waals surface area contributed by atoms with Crippen LogP contribution in [0, 0.1) is 0 Å². The van der Waals surface area contributed by atoms with E-state index >= 15 is 0 Å². The maximum absolute atomic E-state index is 13.3. The number of ketones is 2. The number of para-hydroxylation sites is 1. The Hall–Kier alpha value is -1.33. The fourth-order valence-electron chi connectivity index (χ4n) is 2.34. The lowest BCUT2D eigenvalue weighted by Gasteiger charge is -2.27. The Morgan fingerprint density at radius 2 is 1.25 bits per heavy atom. The van der Waals surface area contributed by atoms with Crippen molar-refractivity contribution < 1.29 is 22.4 Å². The molecule has 0 unspecified atom stereocenters. The molecular formula is C19H15Cl4FN2O4S2. The summed E-state index contributed by atoms with van der Waals surface area (Å²) in [5, 5.41) is -0.397. The van der Waals surface area contributed by atoms with Gasteiger partial charge in [-0.05, 0) is 12.1 Å². The molecule has 0 saturated carbocycles. The van der Waals surface area contributed by atoms with E-state index in [2.05, 4.69) is 0 Å². The number of alkyl halides is 3. The van der Waals surface area contributed by atoms with E-state index in [1.54, 1.807) is 42.5 Å². The number of benzene rings is 2. The molecule has 0 radical (unpaired) electrons. The molecule has 0 aliphatic heterocycles. The van der Waals surface area contributed by atoms with Gasteiger partial charge in [0.2, 0.25) is 11.6 Å². The third-order valence-corrected chi connectivity index (χ3v) is 7.99. The zero-order valence-corrected chi connectivity index (χ0v) is 21.1. The van der Waals surface area contributed by atoms with Crippen LogP contribution in [-0.4, -0.2) is 42.3 Å². The molecule has 0 fully saturated rings. The number of hydrogen-bond acceptors (Lipinski definition) is 5. The standard InChI is InChI=1S/C10H4Cl2O2.C9H11Cl2FN2O2S2/c11-7-8(12)10(14)6-4-2-1-3-5(6)9(7)13;1-13(2)18(15,16)14(17-9(10,11)12)8-6-4-3-5-7-8/h1-4H;3-7H,1-2H3. The molecule has 0 spiro atoms. The molecule has 2 aromatic rings. The smallest absolute Gasteiger partial charge is 0.288 e. The second kappa shape index (κ2) is 10.7. The lowest BCUT2D eigenvalue weighted by molar-refractivity contribution is 0.0987. The van der Waals surface area contributed by atoms with Crippen molar-refractivity contribution in [3.63, 3.8) is 0 Å². The molecule has 172 valence electrons. The van der Waals surface area contributed by atoms with E-state index in [1.165, 1.54) is 26.2 Å². The van der Waals surface area contributed by atoms with E-state index in [0.29, 0.717) is 11.1 Å². The van der Waals surface area contributed by atoms with Crippen molar-refractivity contribution in [2.45, 2.75) is 3.92 Å². The summed E-state index contributed by atoms with van der Waals surface area (Å²) < 4.78 is 36.3. The lowest BCUT2D eigenvalue weighted by Crippen LogP contribution is -2.37. The summed E-state index contributed by atoms with van der Waals surface area (Å²) in [6.07, 6.45) is 0. The third-order valence-electron chi connectivity index (χ3n) is 3.83. The molecular weight excluding hydrogens is 545 g/mol. The van der Waals surface area contributed by atoms with Gasteiger partial charge in [-0.2, -0.15) is 20.8 Å². The van der Waals surface area contributed by atoms with E-state index in [0.717, 1.165) is 8.02 Å². The number of carbonyl (C=O) groups excluding carboxylic acids is 2. The highest BCUT2D eigenvalue weighted by Gasteiger charge is 2.36. The first-order valence-corrected chi connectivity index (χ1v) is 12.2. The molecule has 32 heavy (non-hydrogen) atoms. The van der Waals surface area contributed by atoms with Crippen molar-refractivity contribution in [2.24, 2.45) is 0 Å². The first-order valence-electron chi connectivity index (χ1n) is 8.54. The molecule has 0 saturated heterocycles. The third kappa shape index (κ3) is 6.38. The van der Waals surface area contributed by atoms with Gasteiger partial charge < -0.3 is 0 Å². The molecule has 3 rings (SSSR count). The number of fused-ring (bicyclic) bond motifs is 1. The largest absolute Gasteiger partial charge is 0.324 e. The van der Waals surface area contributed by atoms with Gasteiger partial charge in [-0.15, -0.1) is 0 Å². The average molecular weight is 560 g/mol. The van der Waals surface area contributed by atoms with Gasteiger partial charge in [-0.1, -0.05) is 88.9 Å². The molecule has 13 heteroatoms. The molecule has 0 amide bonds. The first-order chi connectivity index (χ1) is 14.8. The van der Waals surface area contributed by atoms with Crippen LogP contribution in [0.25, 0.3) is 0 Å². The number of Topliss-reactive ketones (excluding diaryl/α,β-unsaturated/α-hetero) is 2. The van der Waals surface area contributed by atoms with Crippen LogP contribution in [0.3, 0.4) is 0 Å². The molecule has 2 aromatic carbocycles. The molecule has 0 bridgehead atoms. The highest BCUT2D eigenvalue weighted by atomic mass is 35.5. The topological polar surface area (TPSA) is 74.8 Å². The van der Waals surface area contributed by atoms with Crippen LogP contribution >= 0.6 is 58.4 Å². The summed E-state index contributed by atoms with van der Waals surface area (Å²) >= 11 is 21.8.